The lowest BCUT2D eigenvalue weighted by Crippen LogP contribution is -2.55. The van der Waals surface area contributed by atoms with Crippen LogP contribution in [-0.4, -0.2) is 39.4 Å². The van der Waals surface area contributed by atoms with E-state index in [0.29, 0.717) is 25.7 Å². The van der Waals surface area contributed by atoms with Gasteiger partial charge < -0.3 is 14.3 Å². The van der Waals surface area contributed by atoms with E-state index in [1.807, 2.05) is 0 Å². The molecule has 0 N–H and O–H groups in total. The third-order valence-electron chi connectivity index (χ3n) is 6.24. The van der Waals surface area contributed by atoms with E-state index in [2.05, 4.69) is 10.2 Å². The highest BCUT2D eigenvalue weighted by Crippen LogP contribution is 2.41. The average molecular weight is 533 g/mol. The van der Waals surface area contributed by atoms with Crippen LogP contribution >= 0.6 is 0 Å². The lowest BCUT2D eigenvalue weighted by molar-refractivity contribution is -0.184. The molecule has 0 spiro atoms. The minimum atomic E-state index is -4.63. The molecule has 3 heterocycles. The van der Waals surface area contributed by atoms with E-state index in [0.717, 1.165) is 36.8 Å². The number of nitrogens with zero attached hydrogens (tertiary/aromatic N) is 3. The highest BCUT2D eigenvalue weighted by atomic mass is 19.4. The molecule has 7 nitrogen and oxygen atoms in total. The Bertz CT molecular complexity index is 1090. The van der Waals surface area contributed by atoms with Gasteiger partial charge in [0.1, 0.15) is 6.10 Å². The molecule has 0 radical (unpaired) electrons. The Balaban J connectivity index is 1.49. The minimum absolute atomic E-state index is 0.0214. The number of fused-ring (bicyclic) bond motifs is 2. The van der Waals surface area contributed by atoms with Crippen LogP contribution in [0.2, 0.25) is 0 Å². The summed E-state index contributed by atoms with van der Waals surface area (Å²) in [6.45, 7) is 3.12. The fourth-order valence-electron chi connectivity index (χ4n) is 4.42. The Morgan fingerprint density at radius 3 is 2.16 bits per heavy atom. The lowest BCUT2D eigenvalue weighted by atomic mass is 9.84. The first-order valence-electron chi connectivity index (χ1n) is 11.8. The Kier molecular flexibility index (Phi) is 7.54. The topological polar surface area (TPSA) is 73.8 Å². The number of benzene rings is 1. The molecule has 1 aromatic heterocycles. The van der Waals surface area contributed by atoms with Crippen LogP contribution in [0.25, 0.3) is 0 Å². The van der Waals surface area contributed by atoms with Gasteiger partial charge in [0.2, 0.25) is 5.88 Å². The van der Waals surface area contributed by atoms with Crippen molar-refractivity contribution in [3.63, 3.8) is 0 Å². The van der Waals surface area contributed by atoms with Gasteiger partial charge in [0.25, 0.3) is 0 Å². The number of hydroxylamine groups is 2. The van der Waals surface area contributed by atoms with E-state index in [1.165, 1.54) is 0 Å². The van der Waals surface area contributed by atoms with E-state index in [4.69, 9.17) is 14.3 Å². The number of esters is 1. The Labute approximate surface area is 208 Å². The summed E-state index contributed by atoms with van der Waals surface area (Å²) in [6.07, 6.45) is -6.41. The van der Waals surface area contributed by atoms with Gasteiger partial charge in [-0.1, -0.05) is 20.3 Å². The molecule has 4 rings (SSSR count). The second-order valence-corrected chi connectivity index (χ2v) is 9.39. The van der Waals surface area contributed by atoms with Crippen LogP contribution in [0, 0.1) is 5.92 Å². The van der Waals surface area contributed by atoms with Crippen LogP contribution in [0.5, 0.6) is 17.4 Å². The highest BCUT2D eigenvalue weighted by Gasteiger charge is 2.42. The zero-order chi connectivity index (χ0) is 27.0. The first-order valence-corrected chi connectivity index (χ1v) is 11.8. The van der Waals surface area contributed by atoms with Gasteiger partial charge in [0.15, 0.2) is 17.2 Å². The summed E-state index contributed by atoms with van der Waals surface area (Å²) in [5, 5.41) is 8.39. The van der Waals surface area contributed by atoms with Crippen molar-refractivity contribution >= 4 is 5.97 Å². The number of carbonyl (C=O) groups excluding carboxylic acids is 1. The Hall–Kier alpha value is -3.09. The fraction of sp³-hybridized carbons (Fsp3) is 0.542. The number of piperidine rings is 2. The van der Waals surface area contributed by atoms with Gasteiger partial charge in [0.05, 0.1) is 11.5 Å². The monoisotopic (exact) mass is 533 g/mol. The molecule has 2 aromatic rings. The summed E-state index contributed by atoms with van der Waals surface area (Å²) in [7, 11) is 0. The number of hydrogen-bond acceptors (Lipinski definition) is 7. The summed E-state index contributed by atoms with van der Waals surface area (Å²) in [6, 6.07) is 4.27. The number of carbonyl (C=O) groups is 1. The molecule has 37 heavy (non-hydrogen) atoms. The largest absolute Gasteiger partial charge is 0.473 e. The van der Waals surface area contributed by atoms with Crippen molar-refractivity contribution in [1.29, 1.82) is 0 Å². The zero-order valence-corrected chi connectivity index (χ0v) is 20.0. The minimum Gasteiger partial charge on any atom is -0.473 e. The second-order valence-electron chi connectivity index (χ2n) is 9.39. The summed E-state index contributed by atoms with van der Waals surface area (Å²) < 4.78 is 89.0. The van der Waals surface area contributed by atoms with Crippen molar-refractivity contribution in [1.82, 2.24) is 15.3 Å². The van der Waals surface area contributed by atoms with Crippen LogP contribution < -0.4 is 14.3 Å². The van der Waals surface area contributed by atoms with Gasteiger partial charge in [-0.05, 0) is 37.1 Å². The van der Waals surface area contributed by atoms with Crippen LogP contribution in [-0.2, 0) is 17.1 Å². The maximum Gasteiger partial charge on any atom is 0.435 e. The van der Waals surface area contributed by atoms with Crippen molar-refractivity contribution in [2.75, 3.05) is 0 Å². The van der Waals surface area contributed by atoms with E-state index in [1.54, 1.807) is 18.9 Å². The quantitative estimate of drug-likeness (QED) is 0.263. The van der Waals surface area contributed by atoms with Crippen molar-refractivity contribution in [2.24, 2.45) is 5.92 Å². The molecule has 0 aliphatic carbocycles. The number of alkyl halides is 6. The molecule has 0 amide bonds. The predicted molar refractivity (Wildman–Crippen MR) is 116 cm³/mol. The third-order valence-corrected chi connectivity index (χ3v) is 6.24. The summed E-state index contributed by atoms with van der Waals surface area (Å²) in [5.41, 5.74) is -2.10. The summed E-state index contributed by atoms with van der Waals surface area (Å²) in [5.74, 6) is -1.65. The maximum atomic E-state index is 13.3. The summed E-state index contributed by atoms with van der Waals surface area (Å²) in [4.78, 5) is 18.2. The van der Waals surface area contributed by atoms with Gasteiger partial charge in [-0.2, -0.15) is 26.3 Å². The SMILES string of the molecule is CC(C)C(=O)Oc1cc(C(F)(F)F)ccc1ON1[C@@H]2CCC[C@@H]1CC(Oc1ccc(C(F)(F)F)nn1)C2. The zero-order valence-electron chi connectivity index (χ0n) is 20.0. The Morgan fingerprint density at radius 2 is 1.62 bits per heavy atom. The first-order chi connectivity index (χ1) is 17.3. The highest BCUT2D eigenvalue weighted by molar-refractivity contribution is 5.75. The van der Waals surface area contributed by atoms with Gasteiger partial charge in [0, 0.05) is 31.0 Å². The molecule has 2 bridgehead atoms. The van der Waals surface area contributed by atoms with Crippen molar-refractivity contribution < 1.29 is 45.4 Å². The lowest BCUT2D eigenvalue weighted by Gasteiger charge is -2.47. The molecule has 2 saturated heterocycles. The standard InChI is InChI=1S/C24H25F6N3O4/c1-13(2)22(34)36-19-10-14(23(25,26)27)6-7-18(19)37-33-15-4-3-5-16(33)12-17(11-15)35-21-9-8-20(31-32-21)24(28,29)30/h6-10,13,15-17H,3-5,11-12H2,1-2H3/t15-,16-/m1/s1. The van der Waals surface area contributed by atoms with Gasteiger partial charge >= 0.3 is 18.3 Å². The van der Waals surface area contributed by atoms with Crippen LogP contribution in [0.4, 0.5) is 26.3 Å². The molecule has 202 valence electrons. The van der Waals surface area contributed by atoms with Crippen LogP contribution in [0.15, 0.2) is 30.3 Å². The van der Waals surface area contributed by atoms with Crippen molar-refractivity contribution in [3.05, 3.63) is 41.6 Å². The molecule has 1 aromatic carbocycles. The molecule has 2 atom stereocenters. The molecular weight excluding hydrogens is 508 g/mol. The Morgan fingerprint density at radius 1 is 0.946 bits per heavy atom. The average Bonchev–Trinajstić information content (AvgIpc) is 2.79. The van der Waals surface area contributed by atoms with Crippen molar-refractivity contribution in [2.45, 2.75) is 76.5 Å². The smallest absolute Gasteiger partial charge is 0.435 e. The number of halogens is 6. The predicted octanol–water partition coefficient (Wildman–Crippen LogP) is 5.83. The van der Waals surface area contributed by atoms with Gasteiger partial charge in [-0.3, -0.25) is 4.79 Å². The van der Waals surface area contributed by atoms with E-state index in [9.17, 15) is 31.1 Å². The number of aromatic nitrogens is 2. The molecule has 2 aliphatic heterocycles. The summed E-state index contributed by atoms with van der Waals surface area (Å²) >= 11 is 0. The molecule has 2 aliphatic rings. The number of ether oxygens (including phenoxy) is 2. The van der Waals surface area contributed by atoms with Gasteiger partial charge in [-0.25, -0.2) is 0 Å². The molecule has 13 heteroatoms. The van der Waals surface area contributed by atoms with Crippen molar-refractivity contribution in [3.8, 4) is 17.4 Å². The molecule has 0 saturated carbocycles. The van der Waals surface area contributed by atoms with E-state index in [-0.39, 0.29) is 35.6 Å². The number of hydrogen-bond donors (Lipinski definition) is 0. The second kappa shape index (κ2) is 10.3. The molecule has 2 fully saturated rings. The first kappa shape index (κ1) is 27.0. The van der Waals surface area contributed by atoms with Crippen LogP contribution in [0.3, 0.4) is 0 Å². The molecule has 0 unspecified atom stereocenters. The third kappa shape index (κ3) is 6.43. The fourth-order valence-corrected chi connectivity index (χ4v) is 4.42. The van der Waals surface area contributed by atoms with Gasteiger partial charge in [-0.15, -0.1) is 15.3 Å². The van der Waals surface area contributed by atoms with E-state index < -0.39 is 35.5 Å². The number of rotatable bonds is 6. The maximum absolute atomic E-state index is 13.3. The van der Waals surface area contributed by atoms with E-state index >= 15 is 0 Å². The normalized spacial score (nSPS) is 22.6. The van der Waals surface area contributed by atoms with Crippen LogP contribution in [0.1, 0.15) is 57.2 Å². The molecular formula is C24H25F6N3O4.